The van der Waals surface area contributed by atoms with Gasteiger partial charge in [-0.25, -0.2) is 0 Å². The van der Waals surface area contributed by atoms with E-state index in [-0.39, 0.29) is 5.91 Å². The lowest BCUT2D eigenvalue weighted by Crippen LogP contribution is -2.41. The van der Waals surface area contributed by atoms with Crippen molar-refractivity contribution in [2.24, 2.45) is 0 Å². The number of nitrogens with zero attached hydrogens (tertiary/aromatic N) is 1. The SMILES string of the molecule is O=C(Cc1c[nH]c2ccccc12)NCCN1CCOCC1. The molecule has 5 nitrogen and oxygen atoms in total. The summed E-state index contributed by atoms with van der Waals surface area (Å²) in [6.07, 6.45) is 2.35. The molecule has 0 atom stereocenters. The van der Waals surface area contributed by atoms with Gasteiger partial charge in [-0.3, -0.25) is 9.69 Å². The normalized spacial score (nSPS) is 16.2. The number of benzene rings is 1. The van der Waals surface area contributed by atoms with Crippen LogP contribution in [0.3, 0.4) is 0 Å². The maximum Gasteiger partial charge on any atom is 0.224 e. The second-order valence-corrected chi connectivity index (χ2v) is 5.34. The molecule has 1 aliphatic rings. The molecule has 1 amide bonds. The fourth-order valence-electron chi connectivity index (χ4n) is 2.69. The molecule has 5 heteroatoms. The molecule has 0 radical (unpaired) electrons. The van der Waals surface area contributed by atoms with E-state index in [9.17, 15) is 4.79 Å². The highest BCUT2D eigenvalue weighted by molar-refractivity contribution is 5.88. The molecule has 3 rings (SSSR count). The Morgan fingerprint density at radius 2 is 2.10 bits per heavy atom. The predicted molar refractivity (Wildman–Crippen MR) is 82.3 cm³/mol. The molecule has 0 bridgehead atoms. The zero-order valence-electron chi connectivity index (χ0n) is 12.1. The van der Waals surface area contributed by atoms with Crippen LogP contribution in [0.2, 0.25) is 0 Å². The Bertz CT molecular complexity index is 602. The number of fused-ring (bicyclic) bond motifs is 1. The average Bonchev–Trinajstić information content (AvgIpc) is 2.92. The smallest absolute Gasteiger partial charge is 0.224 e. The number of nitrogens with one attached hydrogen (secondary N) is 2. The lowest BCUT2D eigenvalue weighted by Gasteiger charge is -2.26. The summed E-state index contributed by atoms with van der Waals surface area (Å²) in [6.45, 7) is 5.09. The van der Waals surface area contributed by atoms with Crippen LogP contribution in [0.15, 0.2) is 30.5 Å². The van der Waals surface area contributed by atoms with E-state index >= 15 is 0 Å². The Kier molecular flexibility index (Phi) is 4.52. The van der Waals surface area contributed by atoms with Crippen LogP contribution in [0.1, 0.15) is 5.56 Å². The van der Waals surface area contributed by atoms with Crippen LogP contribution in [0.25, 0.3) is 10.9 Å². The van der Waals surface area contributed by atoms with E-state index in [2.05, 4.69) is 15.2 Å². The molecule has 1 aliphatic heterocycles. The van der Waals surface area contributed by atoms with Gasteiger partial charge in [-0.05, 0) is 11.6 Å². The first-order chi connectivity index (χ1) is 10.3. The lowest BCUT2D eigenvalue weighted by atomic mass is 10.1. The molecule has 21 heavy (non-hydrogen) atoms. The van der Waals surface area contributed by atoms with Crippen LogP contribution in [-0.4, -0.2) is 55.2 Å². The van der Waals surface area contributed by atoms with Crippen LogP contribution in [0, 0.1) is 0 Å². The monoisotopic (exact) mass is 287 g/mol. The van der Waals surface area contributed by atoms with Gasteiger partial charge in [-0.2, -0.15) is 0 Å². The van der Waals surface area contributed by atoms with Gasteiger partial charge in [0.15, 0.2) is 0 Å². The highest BCUT2D eigenvalue weighted by atomic mass is 16.5. The number of hydrogen-bond acceptors (Lipinski definition) is 3. The number of aromatic amines is 1. The number of rotatable bonds is 5. The molecule has 1 fully saturated rings. The Morgan fingerprint density at radius 3 is 2.95 bits per heavy atom. The first kappa shape index (κ1) is 14.1. The fraction of sp³-hybridized carbons (Fsp3) is 0.438. The number of carbonyl (C=O) groups is 1. The van der Waals surface area contributed by atoms with E-state index in [4.69, 9.17) is 4.74 Å². The number of amides is 1. The quantitative estimate of drug-likeness (QED) is 0.867. The minimum absolute atomic E-state index is 0.0769. The lowest BCUT2D eigenvalue weighted by molar-refractivity contribution is -0.120. The van der Waals surface area contributed by atoms with Crippen molar-refractivity contribution in [1.82, 2.24) is 15.2 Å². The maximum absolute atomic E-state index is 12.0. The summed E-state index contributed by atoms with van der Waals surface area (Å²) in [6, 6.07) is 8.05. The second kappa shape index (κ2) is 6.74. The number of aromatic nitrogens is 1. The van der Waals surface area contributed by atoms with Gasteiger partial charge in [0.2, 0.25) is 5.91 Å². The third kappa shape index (κ3) is 3.62. The average molecular weight is 287 g/mol. The molecular formula is C16H21N3O2. The summed E-state index contributed by atoms with van der Waals surface area (Å²) < 4.78 is 5.31. The Morgan fingerprint density at radius 1 is 1.29 bits per heavy atom. The topological polar surface area (TPSA) is 57.4 Å². The molecule has 2 N–H and O–H groups in total. The van der Waals surface area contributed by atoms with Crippen molar-refractivity contribution in [3.8, 4) is 0 Å². The summed E-state index contributed by atoms with van der Waals surface area (Å²) >= 11 is 0. The molecule has 0 aliphatic carbocycles. The third-order valence-corrected chi connectivity index (χ3v) is 3.88. The molecular weight excluding hydrogens is 266 g/mol. The molecule has 112 valence electrons. The van der Waals surface area contributed by atoms with Gasteiger partial charge >= 0.3 is 0 Å². The Hall–Kier alpha value is -1.85. The maximum atomic E-state index is 12.0. The number of para-hydroxylation sites is 1. The van der Waals surface area contributed by atoms with Gasteiger partial charge in [0, 0.05) is 43.3 Å². The standard InChI is InChI=1S/C16H21N3O2/c20-16(17-5-6-19-7-9-21-10-8-19)11-13-12-18-15-4-2-1-3-14(13)15/h1-4,12,18H,5-11H2,(H,17,20). The second-order valence-electron chi connectivity index (χ2n) is 5.34. The Balaban J connectivity index is 1.47. The van der Waals surface area contributed by atoms with Crippen molar-refractivity contribution in [1.29, 1.82) is 0 Å². The van der Waals surface area contributed by atoms with E-state index in [0.29, 0.717) is 13.0 Å². The summed E-state index contributed by atoms with van der Waals surface area (Å²) in [7, 11) is 0. The van der Waals surface area contributed by atoms with Crippen LogP contribution in [0.4, 0.5) is 0 Å². The summed E-state index contributed by atoms with van der Waals surface area (Å²) in [5, 5.41) is 4.12. The Labute approximate surface area is 124 Å². The van der Waals surface area contributed by atoms with Crippen LogP contribution in [0.5, 0.6) is 0 Å². The van der Waals surface area contributed by atoms with E-state index in [1.165, 1.54) is 0 Å². The van der Waals surface area contributed by atoms with Crippen molar-refractivity contribution in [3.05, 3.63) is 36.0 Å². The van der Waals surface area contributed by atoms with Crippen LogP contribution < -0.4 is 5.32 Å². The number of carbonyl (C=O) groups excluding carboxylic acids is 1. The van der Waals surface area contributed by atoms with Gasteiger partial charge in [0.1, 0.15) is 0 Å². The molecule has 1 aromatic carbocycles. The molecule has 1 aromatic heterocycles. The van der Waals surface area contributed by atoms with Gasteiger partial charge < -0.3 is 15.0 Å². The van der Waals surface area contributed by atoms with Crippen LogP contribution >= 0.6 is 0 Å². The highest BCUT2D eigenvalue weighted by Crippen LogP contribution is 2.17. The first-order valence-electron chi connectivity index (χ1n) is 7.45. The summed E-state index contributed by atoms with van der Waals surface area (Å²) in [5.41, 5.74) is 2.13. The molecule has 2 heterocycles. The first-order valence-corrected chi connectivity index (χ1v) is 7.45. The fourth-order valence-corrected chi connectivity index (χ4v) is 2.69. The zero-order valence-corrected chi connectivity index (χ0v) is 12.1. The molecule has 0 unspecified atom stereocenters. The van der Waals surface area contributed by atoms with E-state index in [0.717, 1.165) is 49.3 Å². The predicted octanol–water partition coefficient (Wildman–Crippen LogP) is 1.16. The van der Waals surface area contributed by atoms with Gasteiger partial charge in [0.05, 0.1) is 19.6 Å². The van der Waals surface area contributed by atoms with Crippen molar-refractivity contribution < 1.29 is 9.53 Å². The minimum Gasteiger partial charge on any atom is -0.379 e. The summed E-state index contributed by atoms with van der Waals surface area (Å²) in [5.74, 6) is 0.0769. The molecule has 1 saturated heterocycles. The summed E-state index contributed by atoms with van der Waals surface area (Å²) in [4.78, 5) is 17.5. The third-order valence-electron chi connectivity index (χ3n) is 3.88. The van der Waals surface area contributed by atoms with Gasteiger partial charge in [0.25, 0.3) is 0 Å². The van der Waals surface area contributed by atoms with Crippen molar-refractivity contribution in [2.45, 2.75) is 6.42 Å². The number of H-pyrrole nitrogens is 1. The molecule has 2 aromatic rings. The van der Waals surface area contributed by atoms with Crippen molar-refractivity contribution in [2.75, 3.05) is 39.4 Å². The zero-order chi connectivity index (χ0) is 14.5. The van der Waals surface area contributed by atoms with E-state index in [1.54, 1.807) is 0 Å². The number of ether oxygens (including phenoxy) is 1. The van der Waals surface area contributed by atoms with Gasteiger partial charge in [-0.15, -0.1) is 0 Å². The molecule has 0 saturated carbocycles. The van der Waals surface area contributed by atoms with E-state index in [1.807, 2.05) is 30.5 Å². The minimum atomic E-state index is 0.0769. The molecule has 0 spiro atoms. The number of morpholine rings is 1. The van der Waals surface area contributed by atoms with E-state index < -0.39 is 0 Å². The number of hydrogen-bond donors (Lipinski definition) is 2. The van der Waals surface area contributed by atoms with Crippen molar-refractivity contribution in [3.63, 3.8) is 0 Å². The van der Waals surface area contributed by atoms with Crippen molar-refractivity contribution >= 4 is 16.8 Å². The highest BCUT2D eigenvalue weighted by Gasteiger charge is 2.11. The largest absolute Gasteiger partial charge is 0.379 e. The van der Waals surface area contributed by atoms with Crippen LogP contribution in [-0.2, 0) is 16.0 Å². The van der Waals surface area contributed by atoms with Gasteiger partial charge in [-0.1, -0.05) is 18.2 Å².